The fourth-order valence-corrected chi connectivity index (χ4v) is 6.19. The molecule has 0 aromatic rings. The first-order chi connectivity index (χ1) is 12.2. The van der Waals surface area contributed by atoms with Crippen LogP contribution in [0.3, 0.4) is 0 Å². The summed E-state index contributed by atoms with van der Waals surface area (Å²) in [7, 11) is 2.97. The molecule has 0 amide bonds. The van der Waals surface area contributed by atoms with E-state index < -0.39 is 47.5 Å². The molecule has 144 valence electrons. The van der Waals surface area contributed by atoms with Gasteiger partial charge in [0.05, 0.1) is 10.8 Å². The summed E-state index contributed by atoms with van der Waals surface area (Å²) in [6.45, 7) is 6.23. The van der Waals surface area contributed by atoms with E-state index in [1.807, 2.05) is 0 Å². The summed E-state index contributed by atoms with van der Waals surface area (Å²) in [6.07, 6.45) is 0.433. The van der Waals surface area contributed by atoms with Crippen molar-refractivity contribution in [3.8, 4) is 0 Å². The maximum atomic E-state index is 12.6. The molecule has 2 aliphatic heterocycles. The normalized spacial score (nSPS) is 49.8. The predicted molar refractivity (Wildman–Crippen MR) is 88.6 cm³/mol. The van der Waals surface area contributed by atoms with Gasteiger partial charge in [0, 0.05) is 14.2 Å². The van der Waals surface area contributed by atoms with E-state index >= 15 is 0 Å². The summed E-state index contributed by atoms with van der Waals surface area (Å²) < 4.78 is 22.6. The van der Waals surface area contributed by atoms with Gasteiger partial charge in [-0.1, -0.05) is 26.8 Å². The Kier molecular flexibility index (Phi) is 3.74. The van der Waals surface area contributed by atoms with Crippen molar-refractivity contribution in [2.45, 2.75) is 52.0 Å². The maximum absolute atomic E-state index is 12.6. The van der Waals surface area contributed by atoms with Crippen molar-refractivity contribution in [1.82, 2.24) is 0 Å². The molecule has 8 atom stereocenters. The van der Waals surface area contributed by atoms with Gasteiger partial charge in [0.1, 0.15) is 18.1 Å². The van der Waals surface area contributed by atoms with Crippen LogP contribution < -0.4 is 0 Å². The molecule has 0 aromatic heterocycles. The van der Waals surface area contributed by atoms with Crippen LogP contribution >= 0.6 is 0 Å². The first-order valence-corrected chi connectivity index (χ1v) is 8.99. The average Bonchev–Trinajstić information content (AvgIpc) is 3.22. The number of ketones is 1. The lowest BCUT2D eigenvalue weighted by atomic mass is 9.52. The van der Waals surface area contributed by atoms with Crippen LogP contribution in [0.25, 0.3) is 0 Å². The monoisotopic (exact) mass is 366 g/mol. The van der Waals surface area contributed by atoms with E-state index in [2.05, 4.69) is 20.8 Å². The molecule has 2 heterocycles. The fraction of sp³-hybridized carbons (Fsp3) is 0.789. The van der Waals surface area contributed by atoms with Crippen molar-refractivity contribution in [2.75, 3.05) is 14.2 Å². The number of ether oxygens (including phenoxy) is 4. The van der Waals surface area contributed by atoms with Gasteiger partial charge in [-0.15, -0.1) is 0 Å². The molecule has 1 unspecified atom stereocenters. The zero-order valence-electron chi connectivity index (χ0n) is 15.7. The molecule has 0 bridgehead atoms. The van der Waals surface area contributed by atoms with Gasteiger partial charge in [0.2, 0.25) is 0 Å². The molecule has 0 aromatic carbocycles. The molecule has 2 spiro atoms. The molecular weight excluding hydrogens is 340 g/mol. The number of hydrogen-bond acceptors (Lipinski definition) is 7. The Bertz CT molecular complexity index is 676. The number of carbonyl (C=O) groups excluding carboxylic acids is 2. The summed E-state index contributed by atoms with van der Waals surface area (Å²) in [5, 5.41) is 11.4. The Morgan fingerprint density at radius 3 is 2.50 bits per heavy atom. The largest absolute Gasteiger partial charge is 0.461 e. The number of esters is 1. The van der Waals surface area contributed by atoms with E-state index in [0.717, 1.165) is 0 Å². The smallest absolute Gasteiger partial charge is 0.318 e. The first kappa shape index (κ1) is 18.1. The highest BCUT2D eigenvalue weighted by molar-refractivity contribution is 6.10. The van der Waals surface area contributed by atoms with Crippen LogP contribution in [0.2, 0.25) is 0 Å². The second kappa shape index (κ2) is 5.38. The first-order valence-electron chi connectivity index (χ1n) is 8.99. The number of aliphatic hydroxyl groups excluding tert-OH is 1. The molecule has 3 fully saturated rings. The van der Waals surface area contributed by atoms with Crippen LogP contribution in [0.4, 0.5) is 0 Å². The number of allylic oxidation sites excluding steroid dienone is 1. The molecule has 1 N–H and O–H groups in total. The lowest BCUT2D eigenvalue weighted by Crippen LogP contribution is -2.60. The van der Waals surface area contributed by atoms with E-state index in [1.54, 1.807) is 6.08 Å². The maximum Gasteiger partial charge on any atom is 0.318 e. The number of rotatable bonds is 2. The summed E-state index contributed by atoms with van der Waals surface area (Å²) in [5.41, 5.74) is -2.28. The molecule has 0 radical (unpaired) electrons. The lowest BCUT2D eigenvalue weighted by Gasteiger charge is -2.50. The van der Waals surface area contributed by atoms with Gasteiger partial charge in [-0.25, -0.2) is 0 Å². The minimum absolute atomic E-state index is 0.119. The number of aliphatic hydroxyl groups is 1. The number of hydrogen-bond donors (Lipinski definition) is 1. The van der Waals surface area contributed by atoms with Gasteiger partial charge in [-0.2, -0.15) is 0 Å². The fourth-order valence-electron chi connectivity index (χ4n) is 6.19. The zero-order chi connectivity index (χ0) is 19.1. The highest BCUT2D eigenvalue weighted by Gasteiger charge is 2.83. The van der Waals surface area contributed by atoms with E-state index in [-0.39, 0.29) is 17.1 Å². The van der Waals surface area contributed by atoms with Crippen molar-refractivity contribution in [2.24, 2.45) is 28.1 Å². The second-order valence-corrected chi connectivity index (χ2v) is 8.87. The minimum atomic E-state index is -1.07. The van der Waals surface area contributed by atoms with Crippen molar-refractivity contribution < 1.29 is 33.6 Å². The highest BCUT2D eigenvalue weighted by atomic mass is 16.8. The van der Waals surface area contributed by atoms with Crippen LogP contribution in [0, 0.1) is 28.1 Å². The molecule has 2 saturated heterocycles. The SMILES string of the molecule is CO[C@H]1O[C@@H](OC)[C@@]2([C@@H]1O)[C@H](C(C)(C)C)C[C@H]1OC(=O)[C@H]3C(=O)C=CC312. The molecule has 4 aliphatic rings. The standard InChI is InChI=1S/C19H26O7/c1-17(2,3)10-8-11-18(7-6-9(20)12(18)14(22)25-11)19(10)13(21)15(23-4)26-16(19)24-5/h6-7,10-13,15-16,21H,8H2,1-5H3/t10-,11+,12+,13+,15-,16+,18?,19-/m0/s1. The van der Waals surface area contributed by atoms with Gasteiger partial charge >= 0.3 is 5.97 Å². The Morgan fingerprint density at radius 2 is 1.92 bits per heavy atom. The van der Waals surface area contributed by atoms with Crippen LogP contribution in [-0.2, 0) is 28.5 Å². The van der Waals surface area contributed by atoms with Crippen molar-refractivity contribution >= 4 is 11.8 Å². The van der Waals surface area contributed by atoms with E-state index in [4.69, 9.17) is 18.9 Å². The van der Waals surface area contributed by atoms with E-state index in [9.17, 15) is 14.7 Å². The third kappa shape index (κ3) is 1.77. The number of methoxy groups -OCH3 is 2. The third-order valence-corrected chi connectivity index (χ3v) is 6.98. The minimum Gasteiger partial charge on any atom is -0.461 e. The van der Waals surface area contributed by atoms with Gasteiger partial charge in [-0.05, 0) is 23.8 Å². The quantitative estimate of drug-likeness (QED) is 0.577. The van der Waals surface area contributed by atoms with Crippen LogP contribution in [0.1, 0.15) is 27.2 Å². The van der Waals surface area contributed by atoms with Crippen molar-refractivity contribution in [1.29, 1.82) is 0 Å². The highest BCUT2D eigenvalue weighted by Crippen LogP contribution is 2.74. The van der Waals surface area contributed by atoms with E-state index in [1.165, 1.54) is 20.3 Å². The summed E-state index contributed by atoms with van der Waals surface area (Å²) in [5.74, 6) is -1.90. The summed E-state index contributed by atoms with van der Waals surface area (Å²) in [6, 6.07) is 0. The van der Waals surface area contributed by atoms with Gasteiger partial charge < -0.3 is 24.1 Å². The topological polar surface area (TPSA) is 91.3 Å². The van der Waals surface area contributed by atoms with Gasteiger partial charge in [-0.3, -0.25) is 9.59 Å². The summed E-state index contributed by atoms with van der Waals surface area (Å²) >= 11 is 0. The molecule has 2 aliphatic carbocycles. The Labute approximate surface area is 152 Å². The Morgan fingerprint density at radius 1 is 1.23 bits per heavy atom. The predicted octanol–water partition coefficient (Wildman–Crippen LogP) is 1.04. The molecular formula is C19H26O7. The van der Waals surface area contributed by atoms with Gasteiger partial charge in [0.25, 0.3) is 0 Å². The van der Waals surface area contributed by atoms with E-state index in [0.29, 0.717) is 6.42 Å². The molecule has 26 heavy (non-hydrogen) atoms. The van der Waals surface area contributed by atoms with Crippen LogP contribution in [0.15, 0.2) is 12.2 Å². The summed E-state index contributed by atoms with van der Waals surface area (Å²) in [4.78, 5) is 25.1. The van der Waals surface area contributed by atoms with Crippen molar-refractivity contribution in [3.05, 3.63) is 12.2 Å². The molecule has 1 saturated carbocycles. The lowest BCUT2D eigenvalue weighted by molar-refractivity contribution is -0.227. The second-order valence-electron chi connectivity index (χ2n) is 8.87. The van der Waals surface area contributed by atoms with Crippen molar-refractivity contribution in [3.63, 3.8) is 0 Å². The molecule has 4 rings (SSSR count). The number of carbonyl (C=O) groups is 2. The molecule has 7 nitrogen and oxygen atoms in total. The zero-order valence-corrected chi connectivity index (χ0v) is 15.7. The average molecular weight is 366 g/mol. The molecule has 7 heteroatoms. The van der Waals surface area contributed by atoms with Crippen LogP contribution in [-0.4, -0.2) is 55.9 Å². The Balaban J connectivity index is 2.00. The van der Waals surface area contributed by atoms with Crippen LogP contribution in [0.5, 0.6) is 0 Å². The third-order valence-electron chi connectivity index (χ3n) is 6.98. The van der Waals surface area contributed by atoms with Gasteiger partial charge in [0.15, 0.2) is 18.4 Å². The Hall–Kier alpha value is -1.28.